The van der Waals surface area contributed by atoms with E-state index in [0.717, 1.165) is 30.6 Å². The molecule has 3 rings (SSSR count). The van der Waals surface area contributed by atoms with Crippen molar-refractivity contribution in [2.24, 2.45) is 5.92 Å². The monoisotopic (exact) mass is 328 g/mol. The second-order valence-electron chi connectivity index (χ2n) is 6.46. The Bertz CT molecular complexity index is 778. The zero-order chi connectivity index (χ0) is 16.9. The molecule has 2 heterocycles. The summed E-state index contributed by atoms with van der Waals surface area (Å²) in [6.45, 7) is 5.12. The molecule has 0 saturated carbocycles. The number of hydrogen-bond donors (Lipinski definition) is 2. The Morgan fingerprint density at radius 2 is 2.33 bits per heavy atom. The van der Waals surface area contributed by atoms with Crippen molar-refractivity contribution in [3.05, 3.63) is 40.4 Å². The van der Waals surface area contributed by atoms with E-state index in [1.807, 2.05) is 19.1 Å². The van der Waals surface area contributed by atoms with Gasteiger partial charge in [0.05, 0.1) is 17.2 Å². The number of benzene rings is 1. The summed E-state index contributed by atoms with van der Waals surface area (Å²) in [7, 11) is 0. The normalized spacial score (nSPS) is 17.3. The van der Waals surface area contributed by atoms with Gasteiger partial charge in [-0.1, -0.05) is 12.1 Å². The lowest BCUT2D eigenvalue weighted by Gasteiger charge is -2.10. The molecule has 24 heavy (non-hydrogen) atoms. The maximum absolute atomic E-state index is 12.5. The van der Waals surface area contributed by atoms with Crippen LogP contribution in [0.4, 0.5) is 0 Å². The Morgan fingerprint density at radius 3 is 3.12 bits per heavy atom. The number of rotatable bonds is 6. The molecule has 128 valence electrons. The summed E-state index contributed by atoms with van der Waals surface area (Å²) >= 11 is 0. The Balaban J connectivity index is 1.54. The van der Waals surface area contributed by atoms with Crippen LogP contribution in [0.15, 0.2) is 29.3 Å². The SMILES string of the molecule is Cc1cccc2c(=O)n(CCC(=O)NCCC3CCNC3)cnc12. The Labute approximate surface area is 141 Å². The molecule has 0 bridgehead atoms. The van der Waals surface area contributed by atoms with E-state index in [4.69, 9.17) is 0 Å². The molecule has 0 radical (unpaired) electrons. The third kappa shape index (κ3) is 3.82. The van der Waals surface area contributed by atoms with Crippen molar-refractivity contribution in [1.82, 2.24) is 20.2 Å². The number of carbonyl (C=O) groups is 1. The molecule has 1 unspecified atom stereocenters. The topological polar surface area (TPSA) is 76.0 Å². The lowest BCUT2D eigenvalue weighted by Crippen LogP contribution is -2.29. The van der Waals surface area contributed by atoms with Crippen molar-refractivity contribution in [1.29, 1.82) is 0 Å². The van der Waals surface area contributed by atoms with Crippen molar-refractivity contribution in [3.8, 4) is 0 Å². The predicted molar refractivity (Wildman–Crippen MR) is 94.0 cm³/mol. The van der Waals surface area contributed by atoms with E-state index in [-0.39, 0.29) is 11.5 Å². The summed E-state index contributed by atoms with van der Waals surface area (Å²) in [6, 6.07) is 5.58. The van der Waals surface area contributed by atoms with Gasteiger partial charge in [0.1, 0.15) is 0 Å². The number of amides is 1. The molecule has 0 spiro atoms. The van der Waals surface area contributed by atoms with Crippen LogP contribution in [0.25, 0.3) is 10.9 Å². The molecule has 2 N–H and O–H groups in total. The first-order chi connectivity index (χ1) is 11.6. The first-order valence-electron chi connectivity index (χ1n) is 8.57. The molecule has 1 aromatic carbocycles. The third-order valence-corrected chi connectivity index (χ3v) is 4.67. The molecule has 2 aromatic rings. The van der Waals surface area contributed by atoms with Crippen LogP contribution in [0.1, 0.15) is 24.8 Å². The third-order valence-electron chi connectivity index (χ3n) is 4.67. The van der Waals surface area contributed by atoms with Crippen LogP contribution in [0.2, 0.25) is 0 Å². The number of aromatic nitrogens is 2. The minimum atomic E-state index is -0.0893. The molecule has 1 aliphatic rings. The van der Waals surface area contributed by atoms with Gasteiger partial charge in [-0.25, -0.2) is 4.98 Å². The fourth-order valence-corrected chi connectivity index (χ4v) is 3.18. The van der Waals surface area contributed by atoms with Gasteiger partial charge in [0.2, 0.25) is 5.91 Å². The van der Waals surface area contributed by atoms with Crippen molar-refractivity contribution in [3.63, 3.8) is 0 Å². The fourth-order valence-electron chi connectivity index (χ4n) is 3.18. The molecule has 1 fully saturated rings. The molecule has 6 nitrogen and oxygen atoms in total. The van der Waals surface area contributed by atoms with Crippen LogP contribution >= 0.6 is 0 Å². The molecule has 1 amide bonds. The average molecular weight is 328 g/mol. The Morgan fingerprint density at radius 1 is 1.46 bits per heavy atom. The van der Waals surface area contributed by atoms with Crippen molar-refractivity contribution >= 4 is 16.8 Å². The highest BCUT2D eigenvalue weighted by molar-refractivity contribution is 5.80. The minimum Gasteiger partial charge on any atom is -0.356 e. The van der Waals surface area contributed by atoms with Crippen LogP contribution in [0, 0.1) is 12.8 Å². The number of nitrogens with one attached hydrogen (secondary N) is 2. The number of aryl methyl sites for hydroxylation is 2. The first kappa shape index (κ1) is 16.6. The van der Waals surface area contributed by atoms with E-state index in [2.05, 4.69) is 15.6 Å². The highest BCUT2D eigenvalue weighted by Crippen LogP contribution is 2.12. The van der Waals surface area contributed by atoms with E-state index in [9.17, 15) is 9.59 Å². The highest BCUT2D eigenvalue weighted by Gasteiger charge is 2.14. The van der Waals surface area contributed by atoms with Crippen molar-refractivity contribution < 1.29 is 4.79 Å². The van der Waals surface area contributed by atoms with Gasteiger partial charge in [-0.3, -0.25) is 14.2 Å². The summed E-state index contributed by atoms with van der Waals surface area (Å²) in [5.41, 5.74) is 1.62. The van der Waals surface area contributed by atoms with Crippen molar-refractivity contribution in [2.75, 3.05) is 19.6 Å². The van der Waals surface area contributed by atoms with Crippen LogP contribution in [0.3, 0.4) is 0 Å². The second-order valence-corrected chi connectivity index (χ2v) is 6.46. The zero-order valence-corrected chi connectivity index (χ0v) is 14.0. The number of hydrogen-bond acceptors (Lipinski definition) is 4. The first-order valence-corrected chi connectivity index (χ1v) is 8.57. The second kappa shape index (κ2) is 7.57. The van der Waals surface area contributed by atoms with Crippen molar-refractivity contribution in [2.45, 2.75) is 32.7 Å². The lowest BCUT2D eigenvalue weighted by molar-refractivity contribution is -0.121. The van der Waals surface area contributed by atoms with Crippen LogP contribution in [-0.2, 0) is 11.3 Å². The predicted octanol–water partition coefficient (Wildman–Crippen LogP) is 1.21. The van der Waals surface area contributed by atoms with Gasteiger partial charge in [-0.2, -0.15) is 0 Å². The molecule has 1 saturated heterocycles. The van der Waals surface area contributed by atoms with E-state index in [1.165, 1.54) is 17.3 Å². The van der Waals surface area contributed by atoms with E-state index in [0.29, 0.717) is 30.8 Å². The largest absolute Gasteiger partial charge is 0.356 e. The Hall–Kier alpha value is -2.21. The van der Waals surface area contributed by atoms with E-state index in [1.54, 1.807) is 6.07 Å². The summed E-state index contributed by atoms with van der Waals surface area (Å²) in [4.78, 5) is 28.8. The molecular weight excluding hydrogens is 304 g/mol. The van der Waals surface area contributed by atoms with Gasteiger partial charge < -0.3 is 10.6 Å². The van der Waals surface area contributed by atoms with Gasteiger partial charge in [0.25, 0.3) is 5.56 Å². The standard InChI is InChI=1S/C18H24N4O2/c1-13-3-2-4-15-17(13)21-12-22(18(15)24)10-7-16(23)20-9-6-14-5-8-19-11-14/h2-4,12,14,19H,5-11H2,1H3,(H,20,23). The van der Waals surface area contributed by atoms with Crippen LogP contribution in [-0.4, -0.2) is 35.1 Å². The fraction of sp³-hybridized carbons (Fsp3) is 0.500. The van der Waals surface area contributed by atoms with Crippen LogP contribution < -0.4 is 16.2 Å². The van der Waals surface area contributed by atoms with Gasteiger partial charge in [0, 0.05) is 19.5 Å². The summed E-state index contributed by atoms with van der Waals surface area (Å²) < 4.78 is 1.52. The summed E-state index contributed by atoms with van der Waals surface area (Å²) in [5.74, 6) is 0.651. The Kier molecular flexibility index (Phi) is 5.25. The number of carbonyl (C=O) groups excluding carboxylic acids is 1. The van der Waals surface area contributed by atoms with E-state index >= 15 is 0 Å². The minimum absolute atomic E-state index is 0.0165. The molecule has 1 atom stereocenters. The molecule has 1 aromatic heterocycles. The van der Waals surface area contributed by atoms with E-state index < -0.39 is 0 Å². The summed E-state index contributed by atoms with van der Waals surface area (Å²) in [6.07, 6.45) is 4.03. The average Bonchev–Trinajstić information content (AvgIpc) is 3.08. The zero-order valence-electron chi connectivity index (χ0n) is 14.0. The van der Waals surface area contributed by atoms with Gasteiger partial charge in [-0.05, 0) is 50.4 Å². The molecule has 0 aliphatic carbocycles. The molecule has 6 heteroatoms. The van der Waals surface area contributed by atoms with Crippen LogP contribution in [0.5, 0.6) is 0 Å². The highest BCUT2D eigenvalue weighted by atomic mass is 16.1. The quantitative estimate of drug-likeness (QED) is 0.836. The number of fused-ring (bicyclic) bond motifs is 1. The van der Waals surface area contributed by atoms with Gasteiger partial charge >= 0.3 is 0 Å². The maximum atomic E-state index is 12.5. The number of para-hydroxylation sites is 1. The number of nitrogens with zero attached hydrogens (tertiary/aromatic N) is 2. The summed E-state index contributed by atoms with van der Waals surface area (Å²) in [5, 5.41) is 6.87. The van der Waals surface area contributed by atoms with Gasteiger partial charge in [-0.15, -0.1) is 0 Å². The smallest absolute Gasteiger partial charge is 0.261 e. The van der Waals surface area contributed by atoms with Gasteiger partial charge in [0.15, 0.2) is 0 Å². The lowest BCUT2D eigenvalue weighted by atomic mass is 10.1. The maximum Gasteiger partial charge on any atom is 0.261 e. The molecular formula is C18H24N4O2. The molecule has 1 aliphatic heterocycles.